The molecule has 2 aromatic rings. The molecule has 0 amide bonds. The Balaban J connectivity index is 2.35. The van der Waals surface area contributed by atoms with Crippen molar-refractivity contribution in [2.45, 2.75) is 0 Å². The Morgan fingerprint density at radius 3 is 2.62 bits per heavy atom. The predicted molar refractivity (Wildman–Crippen MR) is 66.3 cm³/mol. The maximum absolute atomic E-state index is 5.95. The van der Waals surface area contributed by atoms with Crippen LogP contribution >= 0.6 is 39.1 Å². The van der Waals surface area contributed by atoms with Crippen LogP contribution in [0.2, 0.25) is 10.2 Å². The van der Waals surface area contributed by atoms with E-state index in [0.717, 1.165) is 0 Å². The van der Waals surface area contributed by atoms with Gasteiger partial charge < -0.3 is 4.74 Å². The van der Waals surface area contributed by atoms with Crippen LogP contribution in [-0.4, -0.2) is 9.97 Å². The van der Waals surface area contributed by atoms with Gasteiger partial charge in [0.1, 0.15) is 16.5 Å². The summed E-state index contributed by atoms with van der Waals surface area (Å²) < 4.78 is 6.00. The number of ether oxygens (including phenoxy) is 1. The van der Waals surface area contributed by atoms with Crippen molar-refractivity contribution in [3.8, 4) is 11.6 Å². The number of para-hydroxylation sites is 1. The van der Waals surface area contributed by atoms with Crippen LogP contribution in [0.25, 0.3) is 0 Å². The van der Waals surface area contributed by atoms with Gasteiger partial charge in [-0.05, 0) is 28.1 Å². The van der Waals surface area contributed by atoms with Crippen molar-refractivity contribution in [3.05, 3.63) is 45.2 Å². The van der Waals surface area contributed by atoms with E-state index in [0.29, 0.717) is 21.1 Å². The maximum Gasteiger partial charge on any atom is 0.238 e. The molecule has 1 aromatic heterocycles. The molecule has 1 aromatic carbocycles. The summed E-state index contributed by atoms with van der Waals surface area (Å²) in [5.41, 5.74) is 0. The van der Waals surface area contributed by atoms with E-state index in [1.807, 2.05) is 12.1 Å². The Hall–Kier alpha value is -0.840. The highest BCUT2D eigenvalue weighted by atomic mass is 79.9. The van der Waals surface area contributed by atoms with E-state index in [4.69, 9.17) is 27.9 Å². The molecule has 0 unspecified atom stereocenters. The first-order valence-corrected chi connectivity index (χ1v) is 5.82. The van der Waals surface area contributed by atoms with Gasteiger partial charge in [0, 0.05) is 0 Å². The Labute approximate surface area is 111 Å². The smallest absolute Gasteiger partial charge is 0.238 e. The van der Waals surface area contributed by atoms with Gasteiger partial charge in [-0.3, -0.25) is 0 Å². The molecule has 3 nitrogen and oxygen atoms in total. The molecule has 0 fully saturated rings. The highest BCUT2D eigenvalue weighted by molar-refractivity contribution is 9.10. The lowest BCUT2D eigenvalue weighted by molar-refractivity contribution is 0.458. The number of aromatic nitrogens is 2. The quantitative estimate of drug-likeness (QED) is 0.772. The van der Waals surface area contributed by atoms with E-state index in [9.17, 15) is 0 Å². The van der Waals surface area contributed by atoms with Crippen molar-refractivity contribution in [2.75, 3.05) is 0 Å². The molecule has 0 saturated carbocycles. The van der Waals surface area contributed by atoms with E-state index in [1.54, 1.807) is 12.1 Å². The summed E-state index contributed by atoms with van der Waals surface area (Å²) in [6, 6.07) is 7.10. The number of halogens is 3. The molecule has 0 bridgehead atoms. The van der Waals surface area contributed by atoms with E-state index in [-0.39, 0.29) is 5.15 Å². The second-order valence-electron chi connectivity index (χ2n) is 2.82. The lowest BCUT2D eigenvalue weighted by Crippen LogP contribution is -1.91. The van der Waals surface area contributed by atoms with E-state index >= 15 is 0 Å². The van der Waals surface area contributed by atoms with Crippen LogP contribution in [0, 0.1) is 0 Å². The predicted octanol–water partition coefficient (Wildman–Crippen LogP) is 4.34. The summed E-state index contributed by atoms with van der Waals surface area (Å²) in [6.07, 6.45) is 1.32. The molecular formula is C10H5BrCl2N2O. The fraction of sp³-hybridized carbons (Fsp3) is 0. The molecule has 0 N–H and O–H groups in total. The van der Waals surface area contributed by atoms with Gasteiger partial charge in [0.15, 0.2) is 5.15 Å². The Morgan fingerprint density at radius 1 is 1.12 bits per heavy atom. The lowest BCUT2D eigenvalue weighted by Gasteiger charge is -2.07. The summed E-state index contributed by atoms with van der Waals surface area (Å²) in [5, 5.41) is 0.793. The topological polar surface area (TPSA) is 35.0 Å². The summed E-state index contributed by atoms with van der Waals surface area (Å²) in [6.45, 7) is 0. The molecule has 1 heterocycles. The summed E-state index contributed by atoms with van der Waals surface area (Å²) in [7, 11) is 0. The van der Waals surface area contributed by atoms with Crippen molar-refractivity contribution in [3.63, 3.8) is 0 Å². The van der Waals surface area contributed by atoms with Crippen molar-refractivity contribution in [2.24, 2.45) is 0 Å². The fourth-order valence-electron chi connectivity index (χ4n) is 1.04. The normalized spacial score (nSPS) is 10.2. The first-order chi connectivity index (χ1) is 7.68. The Kier molecular flexibility index (Phi) is 3.63. The largest absolute Gasteiger partial charge is 0.436 e. The van der Waals surface area contributed by atoms with Crippen LogP contribution in [0.15, 0.2) is 35.1 Å². The lowest BCUT2D eigenvalue weighted by atomic mass is 10.3. The van der Waals surface area contributed by atoms with Crippen molar-refractivity contribution < 1.29 is 4.74 Å². The van der Waals surface area contributed by atoms with Crippen LogP contribution in [0.1, 0.15) is 0 Å². The van der Waals surface area contributed by atoms with Crippen LogP contribution in [0.5, 0.6) is 11.6 Å². The third-order valence-corrected chi connectivity index (χ3v) is 3.30. The number of nitrogens with zero attached hydrogens (tertiary/aromatic N) is 2. The molecule has 0 saturated heterocycles. The highest BCUT2D eigenvalue weighted by Gasteiger charge is 2.10. The van der Waals surface area contributed by atoms with E-state index in [2.05, 4.69) is 25.9 Å². The molecule has 16 heavy (non-hydrogen) atoms. The molecule has 0 atom stereocenters. The van der Waals surface area contributed by atoms with Gasteiger partial charge in [-0.15, -0.1) is 0 Å². The SMILES string of the molecule is Clc1ccccc1Oc1ncnc(Cl)c1Br. The van der Waals surface area contributed by atoms with Crippen LogP contribution in [-0.2, 0) is 0 Å². The van der Waals surface area contributed by atoms with Crippen LogP contribution < -0.4 is 4.74 Å². The molecule has 6 heteroatoms. The summed E-state index contributed by atoms with van der Waals surface area (Å²) >= 11 is 15.0. The second kappa shape index (κ2) is 4.99. The molecule has 0 aliphatic rings. The van der Waals surface area contributed by atoms with Gasteiger partial charge in [-0.25, -0.2) is 9.97 Å². The Morgan fingerprint density at radius 2 is 1.88 bits per heavy atom. The minimum absolute atomic E-state index is 0.289. The van der Waals surface area contributed by atoms with Crippen molar-refractivity contribution in [1.82, 2.24) is 9.97 Å². The molecule has 2 rings (SSSR count). The van der Waals surface area contributed by atoms with Gasteiger partial charge in [0.05, 0.1) is 5.02 Å². The number of benzene rings is 1. The number of rotatable bonds is 2. The average Bonchev–Trinajstić information content (AvgIpc) is 2.28. The second-order valence-corrected chi connectivity index (χ2v) is 4.37. The van der Waals surface area contributed by atoms with E-state index < -0.39 is 0 Å². The highest BCUT2D eigenvalue weighted by Crippen LogP contribution is 2.34. The molecule has 0 radical (unpaired) electrons. The first kappa shape index (κ1) is 11.6. The van der Waals surface area contributed by atoms with Crippen LogP contribution in [0.4, 0.5) is 0 Å². The summed E-state index contributed by atoms with van der Waals surface area (Å²) in [5.74, 6) is 0.840. The molecule has 82 valence electrons. The fourth-order valence-corrected chi connectivity index (χ4v) is 1.62. The van der Waals surface area contributed by atoms with Crippen LogP contribution in [0.3, 0.4) is 0 Å². The van der Waals surface area contributed by atoms with Gasteiger partial charge in [0.2, 0.25) is 5.88 Å². The zero-order valence-electron chi connectivity index (χ0n) is 7.82. The number of hydrogen-bond donors (Lipinski definition) is 0. The van der Waals surface area contributed by atoms with Gasteiger partial charge in [-0.2, -0.15) is 0 Å². The number of hydrogen-bond acceptors (Lipinski definition) is 3. The maximum atomic E-state index is 5.95. The van der Waals surface area contributed by atoms with E-state index in [1.165, 1.54) is 6.33 Å². The molecule has 0 aliphatic heterocycles. The van der Waals surface area contributed by atoms with Gasteiger partial charge in [0.25, 0.3) is 0 Å². The third-order valence-electron chi connectivity index (χ3n) is 1.76. The molecule has 0 aliphatic carbocycles. The zero-order chi connectivity index (χ0) is 11.5. The van der Waals surface area contributed by atoms with Crippen molar-refractivity contribution in [1.29, 1.82) is 0 Å². The zero-order valence-corrected chi connectivity index (χ0v) is 10.9. The molecule has 0 spiro atoms. The summed E-state index contributed by atoms with van der Waals surface area (Å²) in [4.78, 5) is 7.75. The first-order valence-electron chi connectivity index (χ1n) is 4.27. The minimum Gasteiger partial charge on any atom is -0.436 e. The minimum atomic E-state index is 0.289. The molecular weight excluding hydrogens is 315 g/mol. The average molecular weight is 320 g/mol. The standard InChI is InChI=1S/C10H5BrCl2N2O/c11-8-9(13)14-5-15-10(8)16-7-4-2-1-3-6(7)12/h1-5H. The van der Waals surface area contributed by atoms with Crippen molar-refractivity contribution >= 4 is 39.1 Å². The third kappa shape index (κ3) is 2.45. The Bertz CT molecular complexity index is 522. The van der Waals surface area contributed by atoms with Gasteiger partial charge in [-0.1, -0.05) is 35.3 Å². The van der Waals surface area contributed by atoms with Gasteiger partial charge >= 0.3 is 0 Å². The monoisotopic (exact) mass is 318 g/mol.